The molecule has 4 heteroatoms. The van der Waals surface area contributed by atoms with Crippen LogP contribution in [0.4, 0.5) is 5.69 Å². The molecule has 1 N–H and O–H groups in total. The predicted molar refractivity (Wildman–Crippen MR) is 72.7 cm³/mol. The number of hydrogen-bond acceptors (Lipinski definition) is 4. The zero-order valence-electron chi connectivity index (χ0n) is 9.97. The van der Waals surface area contributed by atoms with E-state index < -0.39 is 0 Å². The Morgan fingerprint density at radius 1 is 1.00 bits per heavy atom. The number of hydrogen-bond donors (Lipinski definition) is 1. The third-order valence-corrected chi connectivity index (χ3v) is 3.68. The second kappa shape index (κ2) is 4.82. The van der Waals surface area contributed by atoms with Crippen LogP contribution in [-0.4, -0.2) is 13.8 Å². The first kappa shape index (κ1) is 11.3. The average Bonchev–Trinajstić information content (AvgIpc) is 2.86. The van der Waals surface area contributed by atoms with Gasteiger partial charge in [0.25, 0.3) is 0 Å². The van der Waals surface area contributed by atoms with E-state index >= 15 is 0 Å². The molecular formula is C14H13NO2S. The van der Waals surface area contributed by atoms with Crippen molar-refractivity contribution in [1.29, 1.82) is 0 Å². The van der Waals surface area contributed by atoms with Crippen LogP contribution in [0.25, 0.3) is 0 Å². The summed E-state index contributed by atoms with van der Waals surface area (Å²) in [6, 6.07) is 14.3. The van der Waals surface area contributed by atoms with E-state index in [1.807, 2.05) is 37.4 Å². The normalized spacial score (nSPS) is 12.5. The van der Waals surface area contributed by atoms with Gasteiger partial charge in [0.1, 0.15) is 0 Å². The van der Waals surface area contributed by atoms with Gasteiger partial charge in [-0.25, -0.2) is 0 Å². The highest BCUT2D eigenvalue weighted by Crippen LogP contribution is 2.38. The van der Waals surface area contributed by atoms with E-state index in [0.717, 1.165) is 22.1 Å². The topological polar surface area (TPSA) is 30.5 Å². The lowest BCUT2D eigenvalue weighted by Gasteiger charge is -2.05. The second-order valence-corrected chi connectivity index (χ2v) is 5.04. The number of nitrogens with one attached hydrogen (secondary N) is 1. The van der Waals surface area contributed by atoms with Gasteiger partial charge in [-0.05, 0) is 36.4 Å². The Morgan fingerprint density at radius 3 is 2.72 bits per heavy atom. The molecule has 3 rings (SSSR count). The molecule has 3 nitrogen and oxygen atoms in total. The highest BCUT2D eigenvalue weighted by atomic mass is 32.2. The molecular weight excluding hydrogens is 246 g/mol. The fourth-order valence-electron chi connectivity index (χ4n) is 1.79. The van der Waals surface area contributed by atoms with E-state index in [0.29, 0.717) is 6.79 Å². The fraction of sp³-hybridized carbons (Fsp3) is 0.143. The standard InChI is InChI=1S/C14H13NO2S/c1-15-10-3-2-4-11(7-10)18-12-5-6-13-14(8-12)17-9-16-13/h2-8,15H,9H2,1H3. The van der Waals surface area contributed by atoms with Crippen molar-refractivity contribution in [3.63, 3.8) is 0 Å². The molecule has 92 valence electrons. The molecule has 0 fully saturated rings. The summed E-state index contributed by atoms with van der Waals surface area (Å²) in [4.78, 5) is 2.34. The highest BCUT2D eigenvalue weighted by molar-refractivity contribution is 7.99. The lowest BCUT2D eigenvalue weighted by Crippen LogP contribution is -1.92. The summed E-state index contributed by atoms with van der Waals surface area (Å²) < 4.78 is 10.7. The van der Waals surface area contributed by atoms with Crippen LogP contribution in [0.1, 0.15) is 0 Å². The monoisotopic (exact) mass is 259 g/mol. The second-order valence-electron chi connectivity index (χ2n) is 3.89. The van der Waals surface area contributed by atoms with E-state index in [9.17, 15) is 0 Å². The summed E-state index contributed by atoms with van der Waals surface area (Å²) in [7, 11) is 1.92. The molecule has 0 spiro atoms. The summed E-state index contributed by atoms with van der Waals surface area (Å²) in [5.41, 5.74) is 1.11. The molecule has 1 heterocycles. The van der Waals surface area contributed by atoms with Crippen LogP contribution in [0.5, 0.6) is 11.5 Å². The van der Waals surface area contributed by atoms with E-state index in [-0.39, 0.29) is 0 Å². The minimum Gasteiger partial charge on any atom is -0.454 e. The van der Waals surface area contributed by atoms with Gasteiger partial charge in [0.2, 0.25) is 6.79 Å². The van der Waals surface area contributed by atoms with Crippen molar-refractivity contribution in [3.05, 3.63) is 42.5 Å². The number of rotatable bonds is 3. The van der Waals surface area contributed by atoms with Crippen LogP contribution >= 0.6 is 11.8 Å². The fourth-order valence-corrected chi connectivity index (χ4v) is 2.70. The molecule has 0 aromatic heterocycles. The first-order chi connectivity index (χ1) is 8.85. The predicted octanol–water partition coefficient (Wildman–Crippen LogP) is 3.61. The highest BCUT2D eigenvalue weighted by Gasteiger charge is 2.13. The summed E-state index contributed by atoms with van der Waals surface area (Å²) in [5, 5.41) is 3.14. The van der Waals surface area contributed by atoms with Crippen LogP contribution in [0.3, 0.4) is 0 Å². The van der Waals surface area contributed by atoms with Gasteiger partial charge in [-0.3, -0.25) is 0 Å². The molecule has 2 aromatic rings. The van der Waals surface area contributed by atoms with Crippen molar-refractivity contribution >= 4 is 17.4 Å². The maximum atomic E-state index is 5.37. The minimum absolute atomic E-state index is 0.318. The van der Waals surface area contributed by atoms with Gasteiger partial charge < -0.3 is 14.8 Å². The third-order valence-electron chi connectivity index (χ3n) is 2.70. The maximum Gasteiger partial charge on any atom is 0.231 e. The summed E-state index contributed by atoms with van der Waals surface area (Å²) in [6.45, 7) is 0.318. The van der Waals surface area contributed by atoms with Gasteiger partial charge in [-0.15, -0.1) is 0 Å². The number of anilines is 1. The number of benzene rings is 2. The van der Waals surface area contributed by atoms with Gasteiger partial charge in [-0.2, -0.15) is 0 Å². The molecule has 0 atom stereocenters. The molecule has 18 heavy (non-hydrogen) atoms. The van der Waals surface area contributed by atoms with E-state index in [1.165, 1.54) is 4.90 Å². The Morgan fingerprint density at radius 2 is 1.83 bits per heavy atom. The lowest BCUT2D eigenvalue weighted by atomic mass is 10.3. The molecule has 1 aliphatic heterocycles. The first-order valence-corrected chi connectivity index (χ1v) is 6.52. The smallest absolute Gasteiger partial charge is 0.231 e. The molecule has 0 saturated carbocycles. The summed E-state index contributed by atoms with van der Waals surface area (Å²) in [5.74, 6) is 1.65. The molecule has 0 bridgehead atoms. The van der Waals surface area contributed by atoms with Crippen molar-refractivity contribution in [2.45, 2.75) is 9.79 Å². The Hall–Kier alpha value is -1.81. The van der Waals surface area contributed by atoms with Crippen LogP contribution in [0.15, 0.2) is 52.3 Å². The Labute approximate surface area is 110 Å². The molecule has 1 aliphatic rings. The van der Waals surface area contributed by atoms with Crippen molar-refractivity contribution in [2.24, 2.45) is 0 Å². The molecule has 2 aromatic carbocycles. The van der Waals surface area contributed by atoms with Crippen molar-refractivity contribution in [1.82, 2.24) is 0 Å². The van der Waals surface area contributed by atoms with Gasteiger partial charge >= 0.3 is 0 Å². The average molecular weight is 259 g/mol. The third kappa shape index (κ3) is 2.24. The molecule has 0 amide bonds. The van der Waals surface area contributed by atoms with E-state index in [2.05, 4.69) is 17.4 Å². The molecule has 0 saturated heterocycles. The lowest BCUT2D eigenvalue weighted by molar-refractivity contribution is 0.174. The van der Waals surface area contributed by atoms with Crippen LogP contribution in [0, 0.1) is 0 Å². The van der Waals surface area contributed by atoms with Gasteiger partial charge in [0.05, 0.1) is 0 Å². The zero-order chi connectivity index (χ0) is 12.4. The van der Waals surface area contributed by atoms with Gasteiger partial charge in [0.15, 0.2) is 11.5 Å². The molecule has 0 unspecified atom stereocenters. The first-order valence-electron chi connectivity index (χ1n) is 5.70. The van der Waals surface area contributed by atoms with Crippen molar-refractivity contribution < 1.29 is 9.47 Å². The molecule has 0 radical (unpaired) electrons. The van der Waals surface area contributed by atoms with Gasteiger partial charge in [-0.1, -0.05) is 17.8 Å². The van der Waals surface area contributed by atoms with Gasteiger partial charge in [0, 0.05) is 22.5 Å². The Bertz CT molecular complexity index is 571. The SMILES string of the molecule is CNc1cccc(Sc2ccc3c(c2)OCO3)c1. The quantitative estimate of drug-likeness (QED) is 0.912. The van der Waals surface area contributed by atoms with E-state index in [1.54, 1.807) is 11.8 Å². The summed E-state index contributed by atoms with van der Waals surface area (Å²) >= 11 is 1.71. The maximum absolute atomic E-state index is 5.37. The minimum atomic E-state index is 0.318. The summed E-state index contributed by atoms with van der Waals surface area (Å²) in [6.07, 6.45) is 0. The van der Waals surface area contributed by atoms with Crippen molar-refractivity contribution in [2.75, 3.05) is 19.2 Å². The number of ether oxygens (including phenoxy) is 2. The molecule has 0 aliphatic carbocycles. The Kier molecular flexibility index (Phi) is 3.02. The van der Waals surface area contributed by atoms with Crippen LogP contribution in [-0.2, 0) is 0 Å². The largest absolute Gasteiger partial charge is 0.454 e. The van der Waals surface area contributed by atoms with Crippen LogP contribution in [0.2, 0.25) is 0 Å². The number of fused-ring (bicyclic) bond motifs is 1. The van der Waals surface area contributed by atoms with Crippen molar-refractivity contribution in [3.8, 4) is 11.5 Å². The van der Waals surface area contributed by atoms with Crippen LogP contribution < -0.4 is 14.8 Å². The Balaban J connectivity index is 1.83. The van der Waals surface area contributed by atoms with E-state index in [4.69, 9.17) is 9.47 Å². The zero-order valence-corrected chi connectivity index (χ0v) is 10.8.